The van der Waals surface area contributed by atoms with Gasteiger partial charge in [-0.1, -0.05) is 43.2 Å². The molecule has 6 nitrogen and oxygen atoms in total. The van der Waals surface area contributed by atoms with E-state index in [9.17, 15) is 18.3 Å². The minimum Gasteiger partial charge on any atom is -0.497 e. The van der Waals surface area contributed by atoms with E-state index < -0.39 is 28.0 Å². The zero-order valence-corrected chi connectivity index (χ0v) is 20.4. The van der Waals surface area contributed by atoms with E-state index in [4.69, 9.17) is 4.74 Å². The van der Waals surface area contributed by atoms with Crippen molar-refractivity contribution in [3.05, 3.63) is 59.7 Å². The van der Waals surface area contributed by atoms with Gasteiger partial charge in [-0.25, -0.2) is 8.42 Å². The highest BCUT2D eigenvalue weighted by Crippen LogP contribution is 2.43. The Morgan fingerprint density at radius 2 is 1.94 bits per heavy atom. The number of hydrogen-bond donors (Lipinski definition) is 1. The second-order valence-corrected chi connectivity index (χ2v) is 11.4. The lowest BCUT2D eigenvalue weighted by molar-refractivity contribution is -0.143. The fourth-order valence-electron chi connectivity index (χ4n) is 4.00. The van der Waals surface area contributed by atoms with E-state index >= 15 is 0 Å². The van der Waals surface area contributed by atoms with Gasteiger partial charge in [0.1, 0.15) is 5.75 Å². The summed E-state index contributed by atoms with van der Waals surface area (Å²) in [6, 6.07) is 13.6. The molecule has 1 heterocycles. The number of ether oxygens (including phenoxy) is 1. The number of carboxylic acids is 1. The Morgan fingerprint density at radius 3 is 2.56 bits per heavy atom. The first-order valence-corrected chi connectivity index (χ1v) is 13.3. The van der Waals surface area contributed by atoms with Crippen LogP contribution in [0.1, 0.15) is 43.4 Å². The van der Waals surface area contributed by atoms with Gasteiger partial charge in [0.2, 0.25) is 10.0 Å². The van der Waals surface area contributed by atoms with Gasteiger partial charge in [-0.3, -0.25) is 4.79 Å². The number of rotatable bonds is 9. The molecular weight excluding hydrogens is 446 g/mol. The van der Waals surface area contributed by atoms with Crippen molar-refractivity contribution < 1.29 is 23.1 Å². The Morgan fingerprint density at radius 1 is 1.22 bits per heavy atom. The molecule has 2 aromatic rings. The van der Waals surface area contributed by atoms with E-state index in [0.29, 0.717) is 12.2 Å². The first kappa shape index (κ1) is 24.6. The Labute approximate surface area is 195 Å². The number of carbonyl (C=O) groups is 1. The van der Waals surface area contributed by atoms with Gasteiger partial charge < -0.3 is 9.84 Å². The lowest BCUT2D eigenvalue weighted by atomic mass is 9.90. The van der Waals surface area contributed by atoms with Gasteiger partial charge >= 0.3 is 5.97 Å². The molecule has 3 atom stereocenters. The van der Waals surface area contributed by atoms with E-state index in [0.717, 1.165) is 29.7 Å². The number of piperidine rings is 1. The van der Waals surface area contributed by atoms with Crippen LogP contribution in [0.25, 0.3) is 0 Å². The molecule has 0 radical (unpaired) electrons. The lowest BCUT2D eigenvalue weighted by Crippen LogP contribution is -2.49. The smallest absolute Gasteiger partial charge is 0.308 e. The summed E-state index contributed by atoms with van der Waals surface area (Å²) in [6.45, 7) is 3.94. The average Bonchev–Trinajstić information content (AvgIpc) is 2.79. The molecule has 0 saturated carbocycles. The van der Waals surface area contributed by atoms with E-state index in [-0.39, 0.29) is 16.7 Å². The number of aryl methyl sites for hydroxylation is 1. The second-order valence-electron chi connectivity index (χ2n) is 8.12. The Hall–Kier alpha value is -2.03. The number of hydrogen-bond acceptors (Lipinski definition) is 5. The third-order valence-electron chi connectivity index (χ3n) is 5.88. The molecule has 174 valence electrons. The quantitative estimate of drug-likeness (QED) is 0.525. The molecule has 0 bridgehead atoms. The molecule has 0 aliphatic carbocycles. The molecule has 32 heavy (non-hydrogen) atoms. The van der Waals surface area contributed by atoms with E-state index in [1.807, 2.05) is 31.2 Å². The highest BCUT2D eigenvalue weighted by molar-refractivity contribution is 7.99. The monoisotopic (exact) mass is 477 g/mol. The van der Waals surface area contributed by atoms with Gasteiger partial charge in [-0.15, -0.1) is 0 Å². The first-order valence-electron chi connectivity index (χ1n) is 10.8. The zero-order valence-electron chi connectivity index (χ0n) is 18.7. The summed E-state index contributed by atoms with van der Waals surface area (Å²) in [5.74, 6) is -0.211. The average molecular weight is 478 g/mol. The molecule has 1 aliphatic heterocycles. The largest absolute Gasteiger partial charge is 0.497 e. The predicted molar refractivity (Wildman–Crippen MR) is 128 cm³/mol. The minimum atomic E-state index is -3.89. The number of methoxy groups -OCH3 is 1. The molecule has 1 N–H and O–H groups in total. The van der Waals surface area contributed by atoms with Crippen molar-refractivity contribution in [3.8, 4) is 5.75 Å². The van der Waals surface area contributed by atoms with Crippen LogP contribution in [0.15, 0.2) is 53.4 Å². The molecule has 0 amide bonds. The Kier molecular flexibility index (Phi) is 8.25. The maximum absolute atomic E-state index is 13.7. The summed E-state index contributed by atoms with van der Waals surface area (Å²) in [5, 5.41) is 9.77. The van der Waals surface area contributed by atoms with Gasteiger partial charge in [-0.05, 0) is 55.3 Å². The van der Waals surface area contributed by atoms with Crippen molar-refractivity contribution in [3.63, 3.8) is 0 Å². The highest BCUT2D eigenvalue weighted by Gasteiger charge is 2.45. The molecular formula is C24H31NO5S2. The van der Waals surface area contributed by atoms with Crippen LogP contribution < -0.4 is 4.74 Å². The number of unbranched alkanes of at least 4 members (excludes halogenated alkanes) is 1. The first-order chi connectivity index (χ1) is 15.3. The maximum atomic E-state index is 13.7. The van der Waals surface area contributed by atoms with E-state index in [2.05, 4.69) is 6.92 Å². The summed E-state index contributed by atoms with van der Waals surface area (Å²) in [7, 11) is -2.32. The topological polar surface area (TPSA) is 83.9 Å². The van der Waals surface area contributed by atoms with Gasteiger partial charge in [0.25, 0.3) is 0 Å². The third kappa shape index (κ3) is 5.47. The van der Waals surface area contributed by atoms with Crippen LogP contribution in [0.4, 0.5) is 0 Å². The predicted octanol–water partition coefficient (Wildman–Crippen LogP) is 4.74. The summed E-state index contributed by atoms with van der Waals surface area (Å²) >= 11 is 1.64. The van der Waals surface area contributed by atoms with Crippen LogP contribution in [0.3, 0.4) is 0 Å². The molecule has 2 aromatic carbocycles. The number of benzene rings is 2. The van der Waals surface area contributed by atoms with Crippen molar-refractivity contribution in [2.45, 2.75) is 49.3 Å². The maximum Gasteiger partial charge on any atom is 0.308 e. The lowest BCUT2D eigenvalue weighted by Gasteiger charge is -2.42. The van der Waals surface area contributed by atoms with Crippen molar-refractivity contribution in [1.29, 1.82) is 0 Å². The van der Waals surface area contributed by atoms with Crippen molar-refractivity contribution in [1.82, 2.24) is 4.31 Å². The molecule has 0 aromatic heterocycles. The van der Waals surface area contributed by atoms with Gasteiger partial charge in [-0.2, -0.15) is 16.1 Å². The van der Waals surface area contributed by atoms with Crippen LogP contribution in [0.5, 0.6) is 5.75 Å². The van der Waals surface area contributed by atoms with Crippen LogP contribution in [0.2, 0.25) is 0 Å². The number of aliphatic carboxylic acids is 1. The van der Waals surface area contributed by atoms with Crippen LogP contribution >= 0.6 is 11.8 Å². The third-order valence-corrected chi connectivity index (χ3v) is 9.24. The van der Waals surface area contributed by atoms with Crippen LogP contribution in [-0.2, 0) is 14.8 Å². The van der Waals surface area contributed by atoms with Crippen molar-refractivity contribution in [2.24, 2.45) is 5.92 Å². The number of sulfonamides is 1. The summed E-state index contributed by atoms with van der Waals surface area (Å²) < 4.78 is 34.1. The van der Waals surface area contributed by atoms with Crippen molar-refractivity contribution >= 4 is 27.8 Å². The molecule has 1 fully saturated rings. The molecule has 0 unspecified atom stereocenters. The fraction of sp³-hybridized carbons (Fsp3) is 0.458. The number of thioether (sulfide) groups is 1. The highest BCUT2D eigenvalue weighted by atomic mass is 32.2. The second kappa shape index (κ2) is 10.7. The molecule has 8 heteroatoms. The zero-order chi connectivity index (χ0) is 23.3. The summed E-state index contributed by atoms with van der Waals surface area (Å²) in [4.78, 5) is 12.3. The van der Waals surface area contributed by atoms with E-state index in [1.54, 1.807) is 43.1 Å². The Balaban J connectivity index is 2.04. The van der Waals surface area contributed by atoms with Crippen LogP contribution in [-0.4, -0.2) is 48.5 Å². The van der Waals surface area contributed by atoms with Crippen LogP contribution in [0, 0.1) is 12.8 Å². The van der Waals surface area contributed by atoms with Crippen molar-refractivity contribution in [2.75, 3.05) is 19.4 Å². The van der Waals surface area contributed by atoms with Gasteiger partial charge in [0, 0.05) is 11.8 Å². The standard InChI is InChI=1S/C24H31NO5S2/c1-4-5-13-31-23-15-22(18-7-6-8-19(14-18)30-3)25(16-21(23)24(26)27)32(28,29)20-11-9-17(2)10-12-20/h6-12,14,21-23H,4-5,13,15-16H2,1-3H3,(H,26,27)/t21-,22+,23-/m1/s1. The molecule has 1 saturated heterocycles. The summed E-state index contributed by atoms with van der Waals surface area (Å²) in [5.41, 5.74) is 1.77. The SMILES string of the molecule is CCCCS[C@@H]1C[C@@H](c2cccc(OC)c2)N(S(=O)(=O)c2ccc(C)cc2)C[C@H]1C(=O)O. The molecule has 0 spiro atoms. The summed E-state index contributed by atoms with van der Waals surface area (Å²) in [6.07, 6.45) is 2.47. The molecule has 3 rings (SSSR count). The number of nitrogens with zero attached hydrogens (tertiary/aromatic N) is 1. The Bertz CT molecular complexity index is 1020. The minimum absolute atomic E-state index is 0.0583. The van der Waals surface area contributed by atoms with E-state index in [1.165, 1.54) is 4.31 Å². The molecule has 1 aliphatic rings. The van der Waals surface area contributed by atoms with Gasteiger partial charge in [0.05, 0.1) is 24.0 Å². The normalized spacial score (nSPS) is 21.9. The van der Waals surface area contributed by atoms with Gasteiger partial charge in [0.15, 0.2) is 0 Å². The fourth-order valence-corrected chi connectivity index (χ4v) is 7.17. The number of carboxylic acid groups (broad SMARTS) is 1.